The van der Waals surface area contributed by atoms with Crippen LogP contribution in [0, 0.1) is 11.8 Å². The summed E-state index contributed by atoms with van der Waals surface area (Å²) in [5, 5.41) is 0. The highest BCUT2D eigenvalue weighted by molar-refractivity contribution is 8.00. The first-order valence-electron chi connectivity index (χ1n) is 7.24. The van der Waals surface area contributed by atoms with Gasteiger partial charge >= 0.3 is 5.51 Å². The minimum absolute atomic E-state index is 0.0874. The molecule has 2 N–H and O–H groups in total. The lowest BCUT2D eigenvalue weighted by Gasteiger charge is -2.19. The minimum Gasteiger partial charge on any atom is -0.338 e. The number of rotatable bonds is 2. The summed E-state index contributed by atoms with van der Waals surface area (Å²) in [5.74, 6) is 0.716. The van der Waals surface area contributed by atoms with Gasteiger partial charge in [0.15, 0.2) is 0 Å². The summed E-state index contributed by atoms with van der Waals surface area (Å²) < 4.78 is 36.9. The highest BCUT2D eigenvalue weighted by atomic mass is 32.2. The number of halogens is 3. The Morgan fingerprint density at radius 2 is 1.86 bits per heavy atom. The number of carbonyl (C=O) groups is 1. The van der Waals surface area contributed by atoms with Crippen LogP contribution in [0.4, 0.5) is 13.2 Å². The van der Waals surface area contributed by atoms with E-state index in [0.29, 0.717) is 30.5 Å². The van der Waals surface area contributed by atoms with Crippen LogP contribution in [0.15, 0.2) is 29.2 Å². The van der Waals surface area contributed by atoms with Gasteiger partial charge in [0.05, 0.1) is 0 Å². The zero-order valence-electron chi connectivity index (χ0n) is 11.8. The molecule has 0 radical (unpaired) electrons. The molecule has 1 saturated heterocycles. The van der Waals surface area contributed by atoms with E-state index >= 15 is 0 Å². The Labute approximate surface area is 131 Å². The molecule has 3 rings (SSSR count). The fourth-order valence-corrected chi connectivity index (χ4v) is 3.99. The second kappa shape index (κ2) is 5.77. The van der Waals surface area contributed by atoms with E-state index in [1.807, 2.05) is 0 Å². The number of hydrogen-bond donors (Lipinski definition) is 1. The Morgan fingerprint density at radius 3 is 2.45 bits per heavy atom. The van der Waals surface area contributed by atoms with E-state index in [4.69, 9.17) is 5.73 Å². The van der Waals surface area contributed by atoms with Gasteiger partial charge in [0, 0.05) is 29.6 Å². The number of likely N-dealkylation sites (tertiary alicyclic amines) is 1. The van der Waals surface area contributed by atoms with E-state index in [1.54, 1.807) is 4.90 Å². The van der Waals surface area contributed by atoms with Crippen molar-refractivity contribution in [3.8, 4) is 0 Å². The van der Waals surface area contributed by atoms with E-state index in [2.05, 4.69) is 0 Å². The first-order valence-corrected chi connectivity index (χ1v) is 8.06. The third-order valence-electron chi connectivity index (χ3n) is 4.53. The number of amides is 1. The Balaban J connectivity index is 1.66. The lowest BCUT2D eigenvalue weighted by atomic mass is 9.98. The predicted molar refractivity (Wildman–Crippen MR) is 78.4 cm³/mol. The summed E-state index contributed by atoms with van der Waals surface area (Å²) in [5.41, 5.74) is 2.17. The second-order valence-corrected chi connectivity index (χ2v) is 7.09. The first-order chi connectivity index (χ1) is 10.3. The number of nitrogens with two attached hydrogens (primary N) is 1. The molecule has 1 amide bonds. The highest BCUT2D eigenvalue weighted by Crippen LogP contribution is 2.38. The molecule has 2 fully saturated rings. The maximum atomic E-state index is 12.4. The van der Waals surface area contributed by atoms with Crippen LogP contribution < -0.4 is 5.73 Å². The number of carbonyl (C=O) groups excluding carboxylic acids is 1. The van der Waals surface area contributed by atoms with Crippen molar-refractivity contribution >= 4 is 17.7 Å². The summed E-state index contributed by atoms with van der Waals surface area (Å²) >= 11 is -0.174. The molecule has 1 aromatic carbocycles. The molecular formula is C15H17F3N2OS. The van der Waals surface area contributed by atoms with Gasteiger partial charge in [-0.15, -0.1) is 0 Å². The smallest absolute Gasteiger partial charge is 0.338 e. The number of alkyl halides is 3. The van der Waals surface area contributed by atoms with Crippen LogP contribution in [0.5, 0.6) is 0 Å². The van der Waals surface area contributed by atoms with Crippen molar-refractivity contribution in [3.05, 3.63) is 29.8 Å². The Kier molecular flexibility index (Phi) is 4.11. The summed E-state index contributed by atoms with van der Waals surface area (Å²) in [7, 11) is 0. The number of fused-ring (bicyclic) bond motifs is 1. The molecule has 3 unspecified atom stereocenters. The van der Waals surface area contributed by atoms with Crippen LogP contribution in [0.3, 0.4) is 0 Å². The van der Waals surface area contributed by atoms with Crippen molar-refractivity contribution in [2.45, 2.75) is 29.3 Å². The maximum Gasteiger partial charge on any atom is 0.446 e. The molecule has 1 aliphatic heterocycles. The fourth-order valence-electron chi connectivity index (χ4n) is 3.46. The molecule has 3 atom stereocenters. The van der Waals surface area contributed by atoms with Crippen molar-refractivity contribution in [2.24, 2.45) is 17.6 Å². The summed E-state index contributed by atoms with van der Waals surface area (Å²) in [6.07, 6.45) is 2.07. The molecule has 120 valence electrons. The molecule has 3 nitrogen and oxygen atoms in total. The van der Waals surface area contributed by atoms with Gasteiger partial charge in [-0.2, -0.15) is 13.2 Å². The fraction of sp³-hybridized carbons (Fsp3) is 0.533. The monoisotopic (exact) mass is 330 g/mol. The average Bonchev–Trinajstić information content (AvgIpc) is 3.00. The summed E-state index contributed by atoms with van der Waals surface area (Å²) in [6.45, 7) is 1.36. The number of nitrogens with zero attached hydrogens (tertiary/aromatic N) is 1. The van der Waals surface area contributed by atoms with Crippen LogP contribution in [0.2, 0.25) is 0 Å². The van der Waals surface area contributed by atoms with Gasteiger partial charge in [0.1, 0.15) is 0 Å². The van der Waals surface area contributed by atoms with E-state index < -0.39 is 5.51 Å². The van der Waals surface area contributed by atoms with E-state index in [1.165, 1.54) is 24.3 Å². The molecule has 0 spiro atoms. The molecule has 1 aliphatic carbocycles. The molecule has 22 heavy (non-hydrogen) atoms. The van der Waals surface area contributed by atoms with Crippen molar-refractivity contribution in [1.29, 1.82) is 0 Å². The van der Waals surface area contributed by atoms with Crippen LogP contribution in [0.1, 0.15) is 23.2 Å². The van der Waals surface area contributed by atoms with Crippen LogP contribution in [-0.4, -0.2) is 35.4 Å². The third kappa shape index (κ3) is 3.25. The largest absolute Gasteiger partial charge is 0.446 e. The van der Waals surface area contributed by atoms with Gasteiger partial charge in [-0.05, 0) is 60.7 Å². The Morgan fingerprint density at radius 1 is 1.18 bits per heavy atom. The average molecular weight is 330 g/mol. The van der Waals surface area contributed by atoms with Gasteiger partial charge in [-0.1, -0.05) is 0 Å². The molecule has 1 saturated carbocycles. The maximum absolute atomic E-state index is 12.4. The van der Waals surface area contributed by atoms with Gasteiger partial charge < -0.3 is 10.6 Å². The van der Waals surface area contributed by atoms with Crippen LogP contribution in [0.25, 0.3) is 0 Å². The molecular weight excluding hydrogens is 313 g/mol. The van der Waals surface area contributed by atoms with Gasteiger partial charge in [0.2, 0.25) is 0 Å². The van der Waals surface area contributed by atoms with E-state index in [9.17, 15) is 18.0 Å². The Hall–Kier alpha value is -1.21. The predicted octanol–water partition coefficient (Wildman–Crippen LogP) is 3.11. The summed E-state index contributed by atoms with van der Waals surface area (Å²) in [4.78, 5) is 14.3. The number of thioether (sulfide) groups is 1. The molecule has 0 bridgehead atoms. The van der Waals surface area contributed by atoms with Gasteiger partial charge in [-0.25, -0.2) is 0 Å². The minimum atomic E-state index is -4.31. The standard InChI is InChI=1S/C15H17F3N2OS/c16-15(17,18)22-11-4-1-9(2-5-11)14(21)20-7-10-3-6-13(19)12(10)8-20/h1-2,4-5,10,12-13H,3,6-8,19H2. The molecule has 1 aromatic rings. The van der Waals surface area contributed by atoms with Gasteiger partial charge in [-0.3, -0.25) is 4.79 Å². The van der Waals surface area contributed by atoms with Crippen molar-refractivity contribution in [3.63, 3.8) is 0 Å². The zero-order valence-corrected chi connectivity index (χ0v) is 12.7. The lowest BCUT2D eigenvalue weighted by molar-refractivity contribution is -0.0328. The second-order valence-electron chi connectivity index (χ2n) is 5.95. The van der Waals surface area contributed by atoms with Crippen LogP contribution >= 0.6 is 11.8 Å². The van der Waals surface area contributed by atoms with Crippen molar-refractivity contribution < 1.29 is 18.0 Å². The molecule has 1 heterocycles. The lowest BCUT2D eigenvalue weighted by Crippen LogP contribution is -2.33. The van der Waals surface area contributed by atoms with Crippen LogP contribution in [-0.2, 0) is 0 Å². The van der Waals surface area contributed by atoms with Crippen molar-refractivity contribution in [1.82, 2.24) is 4.90 Å². The van der Waals surface area contributed by atoms with Gasteiger partial charge in [0.25, 0.3) is 5.91 Å². The number of hydrogen-bond acceptors (Lipinski definition) is 3. The molecule has 7 heteroatoms. The van der Waals surface area contributed by atoms with E-state index in [0.717, 1.165) is 12.8 Å². The number of benzene rings is 1. The molecule has 0 aromatic heterocycles. The summed E-state index contributed by atoms with van der Waals surface area (Å²) in [6, 6.07) is 5.77. The quantitative estimate of drug-likeness (QED) is 0.848. The normalized spacial score (nSPS) is 28.0. The van der Waals surface area contributed by atoms with Crippen molar-refractivity contribution in [2.75, 3.05) is 13.1 Å². The SMILES string of the molecule is NC1CCC2CN(C(=O)c3ccc(SC(F)(F)F)cc3)CC12. The van der Waals surface area contributed by atoms with E-state index in [-0.39, 0.29) is 28.6 Å². The topological polar surface area (TPSA) is 46.3 Å². The Bertz CT molecular complexity index is 561. The third-order valence-corrected chi connectivity index (χ3v) is 5.27. The highest BCUT2D eigenvalue weighted by Gasteiger charge is 2.42. The first kappa shape index (κ1) is 15.7. The zero-order chi connectivity index (χ0) is 15.9. The molecule has 2 aliphatic rings.